The van der Waals surface area contributed by atoms with E-state index in [4.69, 9.17) is 11.6 Å². The Balaban J connectivity index is 2.60. The third-order valence-electron chi connectivity index (χ3n) is 2.55. The summed E-state index contributed by atoms with van der Waals surface area (Å²) in [5.41, 5.74) is 2.15. The number of aromatic nitrogens is 1. The van der Waals surface area contributed by atoms with Gasteiger partial charge in [-0.05, 0) is 17.5 Å². The fraction of sp³-hybridized carbons (Fsp3) is 0.308. The van der Waals surface area contributed by atoms with Crippen LogP contribution in [0.2, 0.25) is 0 Å². The third kappa shape index (κ3) is 1.98. The number of halogens is 1. The largest absolute Gasteiger partial charge is 0.256 e. The van der Waals surface area contributed by atoms with E-state index < -0.39 is 0 Å². The van der Waals surface area contributed by atoms with Crippen LogP contribution in [0, 0.1) is 5.92 Å². The molecular weight excluding hydrogens is 206 g/mol. The van der Waals surface area contributed by atoms with Crippen LogP contribution in [0.4, 0.5) is 0 Å². The van der Waals surface area contributed by atoms with Gasteiger partial charge in [-0.15, -0.1) is 11.6 Å². The van der Waals surface area contributed by atoms with Gasteiger partial charge in [0.05, 0.1) is 10.9 Å². The molecule has 0 spiro atoms. The Morgan fingerprint density at radius 1 is 1.13 bits per heavy atom. The maximum Gasteiger partial charge on any atom is 0.0748 e. The van der Waals surface area contributed by atoms with Crippen LogP contribution in [-0.4, -0.2) is 4.98 Å². The molecule has 0 N–H and O–H groups in total. The predicted octanol–water partition coefficient (Wildman–Crippen LogP) is 4.17. The molecule has 0 saturated carbocycles. The zero-order valence-electron chi connectivity index (χ0n) is 8.94. The van der Waals surface area contributed by atoms with Gasteiger partial charge in [0.1, 0.15) is 0 Å². The number of benzene rings is 1. The lowest BCUT2D eigenvalue weighted by Gasteiger charge is -2.15. The minimum Gasteiger partial charge on any atom is -0.256 e. The summed E-state index contributed by atoms with van der Waals surface area (Å²) in [7, 11) is 0. The van der Waals surface area contributed by atoms with Gasteiger partial charge >= 0.3 is 0 Å². The van der Waals surface area contributed by atoms with E-state index in [0.717, 1.165) is 16.5 Å². The molecule has 1 unspecified atom stereocenters. The second-order valence-corrected chi connectivity index (χ2v) is 4.54. The molecular formula is C13H14ClN. The lowest BCUT2D eigenvalue weighted by atomic mass is 9.99. The summed E-state index contributed by atoms with van der Waals surface area (Å²) in [5, 5.41) is 1.19. The molecule has 2 aromatic rings. The quantitative estimate of drug-likeness (QED) is 0.691. The molecule has 1 atom stereocenters. The molecule has 1 nitrogen and oxygen atoms in total. The number of alkyl halides is 1. The molecule has 1 aromatic carbocycles. The molecule has 78 valence electrons. The van der Waals surface area contributed by atoms with E-state index in [9.17, 15) is 0 Å². The van der Waals surface area contributed by atoms with Gasteiger partial charge in [-0.3, -0.25) is 4.98 Å². The Morgan fingerprint density at radius 3 is 2.60 bits per heavy atom. The average Bonchev–Trinajstić information content (AvgIpc) is 2.27. The van der Waals surface area contributed by atoms with Crippen molar-refractivity contribution in [3.8, 4) is 0 Å². The van der Waals surface area contributed by atoms with Gasteiger partial charge in [-0.25, -0.2) is 0 Å². The average molecular weight is 220 g/mol. The van der Waals surface area contributed by atoms with E-state index in [1.165, 1.54) is 0 Å². The highest BCUT2D eigenvalue weighted by Gasteiger charge is 2.15. The van der Waals surface area contributed by atoms with Crippen molar-refractivity contribution in [2.45, 2.75) is 19.2 Å². The van der Waals surface area contributed by atoms with Crippen LogP contribution in [0.5, 0.6) is 0 Å². The van der Waals surface area contributed by atoms with E-state index in [1.54, 1.807) is 0 Å². The van der Waals surface area contributed by atoms with E-state index in [0.29, 0.717) is 5.92 Å². The van der Waals surface area contributed by atoms with Crippen molar-refractivity contribution >= 4 is 22.5 Å². The highest BCUT2D eigenvalue weighted by atomic mass is 35.5. The molecule has 1 aromatic heterocycles. The van der Waals surface area contributed by atoms with Gasteiger partial charge in [0.15, 0.2) is 0 Å². The molecule has 0 aliphatic carbocycles. The van der Waals surface area contributed by atoms with Gasteiger partial charge in [0.2, 0.25) is 0 Å². The molecule has 0 radical (unpaired) electrons. The lowest BCUT2D eigenvalue weighted by molar-refractivity contribution is 0.626. The minimum absolute atomic E-state index is 0.0311. The lowest BCUT2D eigenvalue weighted by Crippen LogP contribution is -2.00. The van der Waals surface area contributed by atoms with Crippen LogP contribution in [0.1, 0.15) is 24.8 Å². The number of pyridine rings is 1. The van der Waals surface area contributed by atoms with Crippen molar-refractivity contribution < 1.29 is 0 Å². The number of fused-ring (bicyclic) bond motifs is 1. The van der Waals surface area contributed by atoms with E-state index in [2.05, 4.69) is 37.0 Å². The Bertz CT molecular complexity index is 460. The fourth-order valence-corrected chi connectivity index (χ4v) is 1.89. The smallest absolute Gasteiger partial charge is 0.0748 e. The van der Waals surface area contributed by atoms with Crippen LogP contribution in [0.25, 0.3) is 10.9 Å². The summed E-state index contributed by atoms with van der Waals surface area (Å²) in [6.07, 6.45) is 1.82. The Kier molecular flexibility index (Phi) is 2.92. The number of hydrogen-bond acceptors (Lipinski definition) is 1. The molecule has 0 saturated heterocycles. The van der Waals surface area contributed by atoms with Gasteiger partial charge in [-0.1, -0.05) is 38.1 Å². The first-order valence-corrected chi connectivity index (χ1v) is 5.61. The normalized spacial score (nSPS) is 13.3. The highest BCUT2D eigenvalue weighted by molar-refractivity contribution is 6.21. The molecule has 0 bridgehead atoms. The van der Waals surface area contributed by atoms with Crippen LogP contribution in [-0.2, 0) is 0 Å². The molecule has 0 aliphatic rings. The number of para-hydroxylation sites is 1. The van der Waals surface area contributed by atoms with E-state index >= 15 is 0 Å². The maximum absolute atomic E-state index is 6.38. The van der Waals surface area contributed by atoms with Gasteiger partial charge in [0.25, 0.3) is 0 Å². The van der Waals surface area contributed by atoms with Crippen molar-refractivity contribution in [3.63, 3.8) is 0 Å². The number of nitrogens with zero attached hydrogens (tertiary/aromatic N) is 1. The standard InChI is InChI=1S/C13H14ClN/c1-9(2)12(14)11-7-3-5-10-6-4-8-15-13(10)11/h3-9,12H,1-2H3. The zero-order chi connectivity index (χ0) is 10.8. The molecule has 15 heavy (non-hydrogen) atoms. The fourth-order valence-electron chi connectivity index (χ4n) is 1.71. The molecule has 0 aliphatic heterocycles. The second kappa shape index (κ2) is 4.19. The van der Waals surface area contributed by atoms with Gasteiger partial charge in [0, 0.05) is 11.6 Å². The zero-order valence-corrected chi connectivity index (χ0v) is 9.70. The molecule has 1 heterocycles. The summed E-state index contributed by atoms with van der Waals surface area (Å²) in [6.45, 7) is 4.25. The van der Waals surface area contributed by atoms with Crippen LogP contribution in [0.15, 0.2) is 36.5 Å². The molecule has 2 rings (SSSR count). The van der Waals surface area contributed by atoms with Gasteiger partial charge < -0.3 is 0 Å². The summed E-state index contributed by atoms with van der Waals surface area (Å²) in [6, 6.07) is 10.2. The summed E-state index contributed by atoms with van der Waals surface area (Å²) in [4.78, 5) is 4.40. The van der Waals surface area contributed by atoms with Crippen molar-refractivity contribution in [1.82, 2.24) is 4.98 Å². The Hall–Kier alpha value is -1.08. The third-order valence-corrected chi connectivity index (χ3v) is 3.29. The van der Waals surface area contributed by atoms with Crippen molar-refractivity contribution in [3.05, 3.63) is 42.1 Å². The Morgan fingerprint density at radius 2 is 1.87 bits per heavy atom. The molecule has 0 amide bonds. The van der Waals surface area contributed by atoms with E-state index in [-0.39, 0.29) is 5.38 Å². The second-order valence-electron chi connectivity index (χ2n) is 4.07. The minimum atomic E-state index is 0.0311. The monoisotopic (exact) mass is 219 g/mol. The summed E-state index contributed by atoms with van der Waals surface area (Å²) < 4.78 is 0. The first-order chi connectivity index (χ1) is 7.20. The van der Waals surface area contributed by atoms with Crippen LogP contribution >= 0.6 is 11.6 Å². The highest BCUT2D eigenvalue weighted by Crippen LogP contribution is 2.32. The predicted molar refractivity (Wildman–Crippen MR) is 65.2 cm³/mol. The molecule has 2 heteroatoms. The first-order valence-electron chi connectivity index (χ1n) is 5.18. The number of rotatable bonds is 2. The van der Waals surface area contributed by atoms with E-state index in [1.807, 2.05) is 18.3 Å². The summed E-state index contributed by atoms with van der Waals surface area (Å²) in [5.74, 6) is 0.416. The van der Waals surface area contributed by atoms with Crippen molar-refractivity contribution in [1.29, 1.82) is 0 Å². The number of hydrogen-bond donors (Lipinski definition) is 0. The van der Waals surface area contributed by atoms with Crippen molar-refractivity contribution in [2.24, 2.45) is 5.92 Å². The SMILES string of the molecule is CC(C)C(Cl)c1cccc2cccnc12. The maximum atomic E-state index is 6.38. The van der Waals surface area contributed by atoms with Crippen LogP contribution < -0.4 is 0 Å². The first kappa shape index (κ1) is 10.4. The Labute approximate surface area is 95.1 Å². The van der Waals surface area contributed by atoms with Crippen molar-refractivity contribution in [2.75, 3.05) is 0 Å². The molecule has 0 fully saturated rings. The van der Waals surface area contributed by atoms with Crippen LogP contribution in [0.3, 0.4) is 0 Å². The van der Waals surface area contributed by atoms with Gasteiger partial charge in [-0.2, -0.15) is 0 Å². The summed E-state index contributed by atoms with van der Waals surface area (Å²) >= 11 is 6.38. The topological polar surface area (TPSA) is 12.9 Å².